The van der Waals surface area contributed by atoms with Gasteiger partial charge >= 0.3 is 0 Å². The van der Waals surface area contributed by atoms with Crippen LogP contribution in [0.25, 0.3) is 0 Å². The summed E-state index contributed by atoms with van der Waals surface area (Å²) >= 11 is 0. The molecule has 0 spiro atoms. The van der Waals surface area contributed by atoms with Crippen LogP contribution >= 0.6 is 0 Å². The van der Waals surface area contributed by atoms with Gasteiger partial charge in [0.1, 0.15) is 6.33 Å². The Morgan fingerprint density at radius 3 is 2.42 bits per heavy atom. The van der Waals surface area contributed by atoms with Gasteiger partial charge in [0, 0.05) is 37.4 Å². The molecule has 3 fully saturated rings. The molecular weight excluding hydrogens is 416 g/mol. The number of piperidine rings is 1. The Morgan fingerprint density at radius 2 is 1.76 bits per heavy atom. The molecule has 0 radical (unpaired) electrons. The van der Waals surface area contributed by atoms with Crippen LogP contribution in [0.2, 0.25) is 0 Å². The van der Waals surface area contributed by atoms with Crippen LogP contribution < -0.4 is 5.32 Å². The predicted molar refractivity (Wildman–Crippen MR) is 126 cm³/mol. The van der Waals surface area contributed by atoms with Gasteiger partial charge in [-0.25, -0.2) is 9.97 Å². The second-order valence-electron chi connectivity index (χ2n) is 11.3. The van der Waals surface area contributed by atoms with Crippen LogP contribution in [0.3, 0.4) is 0 Å². The summed E-state index contributed by atoms with van der Waals surface area (Å²) in [5.74, 6) is 0.680. The molecular formula is C26H40N4O3. The number of aromatic nitrogens is 2. The minimum Gasteiger partial charge on any atom is -0.392 e. The quantitative estimate of drug-likeness (QED) is 0.725. The molecule has 1 aliphatic heterocycles. The fourth-order valence-electron chi connectivity index (χ4n) is 6.87. The Balaban J connectivity index is 1.45. The largest absolute Gasteiger partial charge is 0.392 e. The Bertz CT molecular complexity index is 841. The van der Waals surface area contributed by atoms with E-state index in [-0.39, 0.29) is 46.9 Å². The van der Waals surface area contributed by atoms with E-state index in [0.717, 1.165) is 51.6 Å². The summed E-state index contributed by atoms with van der Waals surface area (Å²) in [7, 11) is 0. The third-order valence-electron chi connectivity index (χ3n) is 9.15. The lowest BCUT2D eigenvalue weighted by Crippen LogP contribution is -2.58. The predicted octanol–water partition coefficient (Wildman–Crippen LogP) is 3.29. The van der Waals surface area contributed by atoms with Gasteiger partial charge in [0.05, 0.1) is 11.7 Å². The van der Waals surface area contributed by atoms with Crippen molar-refractivity contribution in [2.75, 3.05) is 13.1 Å². The molecule has 1 unspecified atom stereocenters. The fraction of sp³-hybridized carbons (Fsp3) is 0.769. The first kappa shape index (κ1) is 24.1. The second kappa shape index (κ2) is 9.69. The van der Waals surface area contributed by atoms with Gasteiger partial charge in [-0.05, 0) is 67.6 Å². The van der Waals surface area contributed by atoms with Crippen molar-refractivity contribution in [1.29, 1.82) is 0 Å². The molecule has 7 heteroatoms. The summed E-state index contributed by atoms with van der Waals surface area (Å²) in [5, 5.41) is 14.8. The maximum atomic E-state index is 13.3. The molecule has 2 saturated carbocycles. The second-order valence-corrected chi connectivity index (χ2v) is 11.3. The lowest BCUT2D eigenvalue weighted by Gasteiger charge is -2.56. The Morgan fingerprint density at radius 1 is 1.12 bits per heavy atom. The standard InChI is InChI=1S/C26H40N4O3/c1-16-7-11-30(12-8-16)25(33)17(2)20-5-9-26(4)10-6-21(18(3)22(26)23(20)31)29-24(32)19-13-27-15-28-14-19/h13-18,20-23,31H,5-12H2,1-4H3,(H,29,32)/t17-,18+,20?,21-,22+,23-,26-/m0/s1. The van der Waals surface area contributed by atoms with Crippen LogP contribution in [0.4, 0.5) is 0 Å². The average molecular weight is 457 g/mol. The van der Waals surface area contributed by atoms with E-state index in [1.165, 1.54) is 18.7 Å². The first-order valence-corrected chi connectivity index (χ1v) is 12.7. The highest BCUT2D eigenvalue weighted by Crippen LogP contribution is 2.55. The fourth-order valence-corrected chi connectivity index (χ4v) is 6.87. The first-order valence-electron chi connectivity index (χ1n) is 12.7. The third kappa shape index (κ3) is 4.79. The molecule has 2 heterocycles. The Kier molecular flexibility index (Phi) is 7.08. The van der Waals surface area contributed by atoms with Crippen molar-refractivity contribution in [2.45, 2.75) is 78.4 Å². The van der Waals surface area contributed by atoms with Crippen molar-refractivity contribution in [3.05, 3.63) is 24.3 Å². The number of amides is 2. The van der Waals surface area contributed by atoms with Crippen molar-refractivity contribution >= 4 is 11.8 Å². The molecule has 2 aliphatic carbocycles. The topological polar surface area (TPSA) is 95.4 Å². The SMILES string of the molecule is CC1CCN(C(=O)[C@@H](C)C2CC[C@@]3(C)CC[C@H](NC(=O)c4cncnc4)[C@@H](C)[C@@H]3[C@H]2O)CC1. The summed E-state index contributed by atoms with van der Waals surface area (Å²) in [5.41, 5.74) is 0.491. The molecule has 182 valence electrons. The number of hydrogen-bond donors (Lipinski definition) is 2. The number of rotatable bonds is 4. The van der Waals surface area contributed by atoms with Gasteiger partial charge in [-0.15, -0.1) is 0 Å². The smallest absolute Gasteiger partial charge is 0.254 e. The Labute approximate surface area is 197 Å². The number of aliphatic hydroxyl groups excluding tert-OH is 1. The van der Waals surface area contributed by atoms with Crippen molar-refractivity contribution in [2.24, 2.45) is 35.0 Å². The minimum absolute atomic E-state index is 0.0150. The van der Waals surface area contributed by atoms with Crippen molar-refractivity contribution < 1.29 is 14.7 Å². The van der Waals surface area contributed by atoms with Gasteiger partial charge < -0.3 is 15.3 Å². The Hall–Kier alpha value is -2.02. The van der Waals surface area contributed by atoms with Crippen LogP contribution in [0, 0.1) is 35.0 Å². The minimum atomic E-state index is -0.541. The molecule has 1 saturated heterocycles. The van der Waals surface area contributed by atoms with Gasteiger partial charge in [-0.3, -0.25) is 9.59 Å². The lowest BCUT2D eigenvalue weighted by molar-refractivity contribution is -0.151. The van der Waals surface area contributed by atoms with Crippen LogP contribution in [0.1, 0.15) is 76.6 Å². The maximum absolute atomic E-state index is 13.3. The van der Waals surface area contributed by atoms with Crippen LogP contribution in [-0.4, -0.2) is 57.0 Å². The van der Waals surface area contributed by atoms with E-state index in [0.29, 0.717) is 11.5 Å². The number of carbonyl (C=O) groups excluding carboxylic acids is 2. The van der Waals surface area contributed by atoms with Crippen molar-refractivity contribution in [3.63, 3.8) is 0 Å². The van der Waals surface area contributed by atoms with E-state index >= 15 is 0 Å². The molecule has 0 aromatic carbocycles. The molecule has 3 aliphatic rings. The van der Waals surface area contributed by atoms with Gasteiger partial charge in [0.15, 0.2) is 0 Å². The molecule has 1 aromatic heterocycles. The van der Waals surface area contributed by atoms with E-state index in [1.54, 1.807) is 0 Å². The number of nitrogens with zero attached hydrogens (tertiary/aromatic N) is 3. The van der Waals surface area contributed by atoms with Gasteiger partial charge in [0.25, 0.3) is 5.91 Å². The highest BCUT2D eigenvalue weighted by molar-refractivity contribution is 5.93. The lowest BCUT2D eigenvalue weighted by atomic mass is 9.51. The summed E-state index contributed by atoms with van der Waals surface area (Å²) in [6, 6.07) is -0.0150. The zero-order valence-electron chi connectivity index (χ0n) is 20.5. The molecule has 4 rings (SSSR count). The number of carbonyl (C=O) groups is 2. The molecule has 2 N–H and O–H groups in total. The number of hydrogen-bond acceptors (Lipinski definition) is 5. The summed E-state index contributed by atoms with van der Waals surface area (Å²) in [6.07, 6.45) is 9.83. The number of likely N-dealkylation sites (tertiary alicyclic amines) is 1. The van der Waals surface area contributed by atoms with Crippen LogP contribution in [0.15, 0.2) is 18.7 Å². The zero-order chi connectivity index (χ0) is 23.8. The van der Waals surface area contributed by atoms with Gasteiger partial charge in [0.2, 0.25) is 5.91 Å². The van der Waals surface area contributed by atoms with Gasteiger partial charge in [-0.2, -0.15) is 0 Å². The third-order valence-corrected chi connectivity index (χ3v) is 9.15. The van der Waals surface area contributed by atoms with Gasteiger partial charge in [-0.1, -0.05) is 27.7 Å². The summed E-state index contributed by atoms with van der Waals surface area (Å²) in [6.45, 7) is 10.4. The average Bonchev–Trinajstić information content (AvgIpc) is 2.81. The zero-order valence-corrected chi connectivity index (χ0v) is 20.5. The summed E-state index contributed by atoms with van der Waals surface area (Å²) < 4.78 is 0. The van der Waals surface area contributed by atoms with E-state index in [2.05, 4.69) is 36.1 Å². The highest BCUT2D eigenvalue weighted by atomic mass is 16.3. The van der Waals surface area contributed by atoms with E-state index < -0.39 is 6.10 Å². The van der Waals surface area contributed by atoms with E-state index in [4.69, 9.17) is 0 Å². The summed E-state index contributed by atoms with van der Waals surface area (Å²) in [4.78, 5) is 35.9. The molecule has 1 aromatic rings. The van der Waals surface area contributed by atoms with Crippen molar-refractivity contribution in [1.82, 2.24) is 20.2 Å². The number of aliphatic hydroxyl groups is 1. The highest BCUT2D eigenvalue weighted by Gasteiger charge is 2.54. The molecule has 7 nitrogen and oxygen atoms in total. The van der Waals surface area contributed by atoms with E-state index in [1.807, 2.05) is 11.8 Å². The maximum Gasteiger partial charge on any atom is 0.254 e. The number of nitrogens with one attached hydrogen (secondary N) is 1. The van der Waals surface area contributed by atoms with Crippen LogP contribution in [0.5, 0.6) is 0 Å². The van der Waals surface area contributed by atoms with E-state index in [9.17, 15) is 14.7 Å². The normalized spacial score (nSPS) is 36.0. The molecule has 2 amide bonds. The first-order chi connectivity index (χ1) is 15.7. The van der Waals surface area contributed by atoms with Crippen molar-refractivity contribution in [3.8, 4) is 0 Å². The monoisotopic (exact) mass is 456 g/mol. The van der Waals surface area contributed by atoms with Crippen LogP contribution in [-0.2, 0) is 4.79 Å². The molecule has 33 heavy (non-hydrogen) atoms. The number of fused-ring (bicyclic) bond motifs is 1. The molecule has 7 atom stereocenters. The molecule has 0 bridgehead atoms.